The third-order valence-electron chi connectivity index (χ3n) is 2.22. The predicted molar refractivity (Wildman–Crippen MR) is 54.1 cm³/mol. The molecule has 6 nitrogen and oxygen atoms in total. The van der Waals surface area contributed by atoms with Gasteiger partial charge in [-0.05, 0) is 13.3 Å². The zero-order chi connectivity index (χ0) is 12.1. The van der Waals surface area contributed by atoms with Gasteiger partial charge in [0.25, 0.3) is 0 Å². The molecule has 2 unspecified atom stereocenters. The average Bonchev–Trinajstić information content (AvgIpc) is 2.16. The number of aliphatic carboxylic acids is 1. The van der Waals surface area contributed by atoms with Gasteiger partial charge in [0.05, 0.1) is 6.54 Å². The second-order valence-corrected chi connectivity index (χ2v) is 3.64. The molecular weight excluding hydrogens is 200 g/mol. The minimum atomic E-state index is -1.94. The number of hydrogen-bond donors (Lipinski definition) is 4. The van der Waals surface area contributed by atoms with Crippen molar-refractivity contribution in [2.24, 2.45) is 11.7 Å². The van der Waals surface area contributed by atoms with Crippen LogP contribution in [0, 0.1) is 5.92 Å². The molecule has 0 aromatic carbocycles. The number of nitrogens with two attached hydrogens (primary N) is 1. The monoisotopic (exact) mass is 218 g/mol. The first kappa shape index (κ1) is 13.9. The topological polar surface area (TPSA) is 113 Å². The lowest BCUT2D eigenvalue weighted by atomic mass is 10.0. The van der Waals surface area contributed by atoms with Crippen molar-refractivity contribution in [1.82, 2.24) is 5.32 Å². The zero-order valence-corrected chi connectivity index (χ0v) is 8.99. The van der Waals surface area contributed by atoms with Gasteiger partial charge in [0.1, 0.15) is 0 Å². The Bertz CT molecular complexity index is 236. The fourth-order valence-corrected chi connectivity index (χ4v) is 0.938. The number of carboxylic acids is 1. The van der Waals surface area contributed by atoms with Crippen molar-refractivity contribution in [3.63, 3.8) is 0 Å². The fraction of sp³-hybridized carbons (Fsp3) is 0.778. The van der Waals surface area contributed by atoms with E-state index in [1.807, 2.05) is 6.92 Å². The lowest BCUT2D eigenvalue weighted by Gasteiger charge is -2.20. The number of amides is 1. The first-order chi connectivity index (χ1) is 6.85. The molecule has 0 bridgehead atoms. The van der Waals surface area contributed by atoms with Crippen molar-refractivity contribution in [3.8, 4) is 0 Å². The fourth-order valence-electron chi connectivity index (χ4n) is 0.938. The molecule has 88 valence electrons. The van der Waals surface area contributed by atoms with Crippen LogP contribution >= 0.6 is 0 Å². The van der Waals surface area contributed by atoms with E-state index in [0.717, 1.165) is 6.92 Å². The predicted octanol–water partition coefficient (Wildman–Crippen LogP) is -1.08. The van der Waals surface area contributed by atoms with Crippen LogP contribution in [0.15, 0.2) is 0 Å². The van der Waals surface area contributed by atoms with Gasteiger partial charge >= 0.3 is 5.97 Å². The van der Waals surface area contributed by atoms with Crippen molar-refractivity contribution >= 4 is 11.9 Å². The van der Waals surface area contributed by atoms with Crippen molar-refractivity contribution in [1.29, 1.82) is 0 Å². The third kappa shape index (κ3) is 4.26. The molecule has 0 aromatic rings. The quantitative estimate of drug-likeness (QED) is 0.453. The van der Waals surface area contributed by atoms with Gasteiger partial charge < -0.3 is 21.3 Å². The largest absolute Gasteiger partial charge is 0.479 e. The summed E-state index contributed by atoms with van der Waals surface area (Å²) in [6, 6.07) is 0. The summed E-state index contributed by atoms with van der Waals surface area (Å²) in [5.74, 6) is -2.04. The average molecular weight is 218 g/mol. The van der Waals surface area contributed by atoms with E-state index in [9.17, 15) is 14.7 Å². The Kier molecular flexibility index (Phi) is 5.24. The molecule has 5 N–H and O–H groups in total. The van der Waals surface area contributed by atoms with Gasteiger partial charge in [0.15, 0.2) is 5.60 Å². The lowest BCUT2D eigenvalue weighted by molar-refractivity contribution is -0.156. The Labute approximate surface area is 88.5 Å². The number of aliphatic hydroxyl groups is 1. The van der Waals surface area contributed by atoms with E-state index in [2.05, 4.69) is 5.32 Å². The molecule has 0 saturated carbocycles. The molecule has 1 amide bonds. The standard InChI is InChI=1S/C9H18N2O4/c1-3-6(4-10)7(12)11-5-9(2,15)8(13)14/h6,15H,3-5,10H2,1-2H3,(H,11,12)(H,13,14). The van der Waals surface area contributed by atoms with E-state index in [1.54, 1.807) is 0 Å². The number of carboxylic acid groups (broad SMARTS) is 1. The molecule has 0 aliphatic carbocycles. The molecule has 15 heavy (non-hydrogen) atoms. The molecule has 0 rings (SSSR count). The van der Waals surface area contributed by atoms with E-state index in [1.165, 1.54) is 0 Å². The maximum atomic E-state index is 11.4. The Hall–Kier alpha value is -1.14. The van der Waals surface area contributed by atoms with Gasteiger partial charge in [-0.15, -0.1) is 0 Å². The SMILES string of the molecule is CCC(CN)C(=O)NCC(C)(O)C(=O)O. The van der Waals surface area contributed by atoms with Crippen LogP contribution in [0.3, 0.4) is 0 Å². The van der Waals surface area contributed by atoms with Crippen LogP contribution in [0.25, 0.3) is 0 Å². The maximum Gasteiger partial charge on any atom is 0.337 e. The summed E-state index contributed by atoms with van der Waals surface area (Å²) < 4.78 is 0. The summed E-state index contributed by atoms with van der Waals surface area (Å²) in [6.45, 7) is 2.82. The molecule has 0 spiro atoms. The zero-order valence-electron chi connectivity index (χ0n) is 8.99. The van der Waals surface area contributed by atoms with Crippen molar-refractivity contribution < 1.29 is 19.8 Å². The van der Waals surface area contributed by atoms with Crippen molar-refractivity contribution in [3.05, 3.63) is 0 Å². The van der Waals surface area contributed by atoms with Crippen LogP contribution in [-0.4, -0.2) is 40.8 Å². The molecule has 0 heterocycles. The molecule has 2 atom stereocenters. The molecule has 0 radical (unpaired) electrons. The van der Waals surface area contributed by atoms with Crippen LogP contribution in [0.2, 0.25) is 0 Å². The third-order valence-corrected chi connectivity index (χ3v) is 2.22. The summed E-state index contributed by atoms with van der Waals surface area (Å²) in [6.07, 6.45) is 0.581. The summed E-state index contributed by atoms with van der Waals surface area (Å²) in [7, 11) is 0. The van der Waals surface area contributed by atoms with Crippen LogP contribution < -0.4 is 11.1 Å². The highest BCUT2D eigenvalue weighted by molar-refractivity contribution is 5.81. The van der Waals surface area contributed by atoms with Gasteiger partial charge in [-0.1, -0.05) is 6.92 Å². The van der Waals surface area contributed by atoms with Crippen LogP contribution in [-0.2, 0) is 9.59 Å². The van der Waals surface area contributed by atoms with Crippen LogP contribution in [0.1, 0.15) is 20.3 Å². The second kappa shape index (κ2) is 5.67. The molecule has 0 aromatic heterocycles. The molecule has 0 saturated heterocycles. The molecule has 0 fully saturated rings. The van der Waals surface area contributed by atoms with Gasteiger partial charge in [-0.2, -0.15) is 0 Å². The number of rotatable bonds is 6. The summed E-state index contributed by atoms with van der Waals surface area (Å²) in [5, 5.41) is 20.3. The number of nitrogens with one attached hydrogen (secondary N) is 1. The minimum Gasteiger partial charge on any atom is -0.479 e. The van der Waals surface area contributed by atoms with Crippen molar-refractivity contribution in [2.45, 2.75) is 25.9 Å². The summed E-state index contributed by atoms with van der Waals surface area (Å²) in [4.78, 5) is 21.9. The van der Waals surface area contributed by atoms with Crippen LogP contribution in [0.5, 0.6) is 0 Å². The van der Waals surface area contributed by atoms with E-state index >= 15 is 0 Å². The molecule has 0 aliphatic rings. The van der Waals surface area contributed by atoms with E-state index in [0.29, 0.717) is 6.42 Å². The Balaban J connectivity index is 4.16. The highest BCUT2D eigenvalue weighted by Gasteiger charge is 2.30. The van der Waals surface area contributed by atoms with E-state index in [4.69, 9.17) is 10.8 Å². The Morgan fingerprint density at radius 1 is 1.53 bits per heavy atom. The van der Waals surface area contributed by atoms with Gasteiger partial charge in [-0.25, -0.2) is 4.79 Å². The smallest absolute Gasteiger partial charge is 0.337 e. The first-order valence-corrected chi connectivity index (χ1v) is 4.78. The van der Waals surface area contributed by atoms with E-state index < -0.39 is 11.6 Å². The van der Waals surface area contributed by atoms with E-state index in [-0.39, 0.29) is 24.9 Å². The minimum absolute atomic E-state index is 0.206. The maximum absolute atomic E-state index is 11.4. The van der Waals surface area contributed by atoms with Gasteiger partial charge in [-0.3, -0.25) is 4.79 Å². The highest BCUT2D eigenvalue weighted by Crippen LogP contribution is 2.03. The first-order valence-electron chi connectivity index (χ1n) is 4.78. The molecular formula is C9H18N2O4. The number of hydrogen-bond acceptors (Lipinski definition) is 4. The molecule has 6 heteroatoms. The van der Waals surface area contributed by atoms with Crippen LogP contribution in [0.4, 0.5) is 0 Å². The van der Waals surface area contributed by atoms with Gasteiger partial charge in [0.2, 0.25) is 5.91 Å². The highest BCUT2D eigenvalue weighted by atomic mass is 16.4. The lowest BCUT2D eigenvalue weighted by Crippen LogP contribution is -2.48. The Morgan fingerprint density at radius 3 is 2.40 bits per heavy atom. The summed E-state index contributed by atoms with van der Waals surface area (Å²) in [5.41, 5.74) is 3.40. The Morgan fingerprint density at radius 2 is 2.07 bits per heavy atom. The summed E-state index contributed by atoms with van der Waals surface area (Å²) >= 11 is 0. The van der Waals surface area contributed by atoms with Gasteiger partial charge in [0, 0.05) is 12.5 Å². The second-order valence-electron chi connectivity index (χ2n) is 3.64. The molecule has 0 aliphatic heterocycles. The number of carbonyl (C=O) groups excluding carboxylic acids is 1. The normalized spacial score (nSPS) is 16.5. The van der Waals surface area contributed by atoms with Crippen molar-refractivity contribution in [2.75, 3.05) is 13.1 Å². The number of carbonyl (C=O) groups is 2.